The van der Waals surface area contributed by atoms with Crippen LogP contribution >= 0.6 is 0 Å². The van der Waals surface area contributed by atoms with Gasteiger partial charge in [0, 0.05) is 37.0 Å². The molecule has 4 rings (SSSR count). The Bertz CT molecular complexity index is 1390. The molecule has 0 radical (unpaired) electrons. The molecule has 1 amide bonds. The van der Waals surface area contributed by atoms with Crippen LogP contribution in [0.25, 0.3) is 0 Å². The van der Waals surface area contributed by atoms with E-state index in [1.165, 1.54) is 7.11 Å². The molecule has 9 nitrogen and oxygen atoms in total. The van der Waals surface area contributed by atoms with Gasteiger partial charge in [-0.2, -0.15) is 18.2 Å². The molecule has 0 spiro atoms. The summed E-state index contributed by atoms with van der Waals surface area (Å²) in [7, 11) is 5.21. The monoisotopic (exact) mass is 570 g/mol. The SMILES string of the molecule is C=C(Cc1cccc(Oc2nc(Nc3ccc(C(=O)NC4CCN(C)CC4)cc3OC)ncc2C(F)(F)F)c1)NC. The third-order valence-corrected chi connectivity index (χ3v) is 6.71. The second kappa shape index (κ2) is 12.9. The van der Waals surface area contributed by atoms with Gasteiger partial charge in [-0.05, 0) is 68.9 Å². The lowest BCUT2D eigenvalue weighted by molar-refractivity contribution is -0.139. The summed E-state index contributed by atoms with van der Waals surface area (Å²) >= 11 is 0. The quantitative estimate of drug-likeness (QED) is 0.308. The van der Waals surface area contributed by atoms with Crippen LogP contribution in [0.1, 0.15) is 34.3 Å². The lowest BCUT2D eigenvalue weighted by Crippen LogP contribution is -2.43. The number of allylic oxidation sites excluding steroid dienone is 1. The van der Waals surface area contributed by atoms with Crippen LogP contribution in [0, 0.1) is 0 Å². The van der Waals surface area contributed by atoms with Gasteiger partial charge in [0.25, 0.3) is 5.91 Å². The fourth-order valence-corrected chi connectivity index (χ4v) is 4.34. The average molecular weight is 571 g/mol. The molecule has 0 saturated carbocycles. The number of carbonyl (C=O) groups excluding carboxylic acids is 1. The Hall–Kier alpha value is -4.32. The minimum atomic E-state index is -4.74. The second-order valence-electron chi connectivity index (χ2n) is 9.78. The van der Waals surface area contributed by atoms with Gasteiger partial charge in [0.1, 0.15) is 17.1 Å². The number of alkyl halides is 3. The van der Waals surface area contributed by atoms with Crippen LogP contribution in [0.5, 0.6) is 17.4 Å². The summed E-state index contributed by atoms with van der Waals surface area (Å²) in [5.74, 6) is -0.558. The van der Waals surface area contributed by atoms with Gasteiger partial charge in [0.15, 0.2) is 0 Å². The van der Waals surface area contributed by atoms with Crippen molar-refractivity contribution in [1.82, 2.24) is 25.5 Å². The number of aromatic nitrogens is 2. The highest BCUT2D eigenvalue weighted by Gasteiger charge is 2.36. The van der Waals surface area contributed by atoms with Crippen LogP contribution in [0.4, 0.5) is 24.8 Å². The highest BCUT2D eigenvalue weighted by Crippen LogP contribution is 2.38. The molecule has 0 atom stereocenters. The maximum absolute atomic E-state index is 13.8. The van der Waals surface area contributed by atoms with Crippen LogP contribution in [0.3, 0.4) is 0 Å². The Morgan fingerprint density at radius 2 is 1.93 bits per heavy atom. The van der Waals surface area contributed by atoms with Crippen molar-refractivity contribution in [3.05, 3.63) is 77.6 Å². The molecule has 1 aliphatic heterocycles. The number of amides is 1. The summed E-state index contributed by atoms with van der Waals surface area (Å²) in [6.07, 6.45) is -1.88. The normalized spacial score (nSPS) is 14.3. The number of nitrogens with zero attached hydrogens (tertiary/aromatic N) is 3. The number of rotatable bonds is 10. The van der Waals surface area contributed by atoms with Crippen LogP contribution < -0.4 is 25.4 Å². The van der Waals surface area contributed by atoms with Crippen molar-refractivity contribution >= 4 is 17.5 Å². The first kappa shape index (κ1) is 29.7. The zero-order valence-corrected chi connectivity index (χ0v) is 23.1. The van der Waals surface area contributed by atoms with E-state index in [1.54, 1.807) is 43.4 Å². The van der Waals surface area contributed by atoms with E-state index >= 15 is 0 Å². The molecule has 2 heterocycles. The molecular weight excluding hydrogens is 537 g/mol. The molecule has 3 aromatic rings. The van der Waals surface area contributed by atoms with E-state index in [9.17, 15) is 18.0 Å². The van der Waals surface area contributed by atoms with Crippen molar-refractivity contribution in [3.63, 3.8) is 0 Å². The van der Waals surface area contributed by atoms with Crippen LogP contribution in [0.15, 0.2) is 60.9 Å². The Morgan fingerprint density at radius 3 is 2.61 bits per heavy atom. The van der Waals surface area contributed by atoms with Crippen molar-refractivity contribution in [2.24, 2.45) is 0 Å². The van der Waals surface area contributed by atoms with E-state index in [2.05, 4.69) is 37.4 Å². The zero-order chi connectivity index (χ0) is 29.6. The fraction of sp³-hybridized carbons (Fsp3) is 0.345. The maximum atomic E-state index is 13.8. The largest absolute Gasteiger partial charge is 0.495 e. The molecule has 12 heteroatoms. The van der Waals surface area contributed by atoms with E-state index in [1.807, 2.05) is 13.1 Å². The highest BCUT2D eigenvalue weighted by atomic mass is 19.4. The predicted molar refractivity (Wildman–Crippen MR) is 150 cm³/mol. The lowest BCUT2D eigenvalue weighted by Gasteiger charge is -2.29. The van der Waals surface area contributed by atoms with E-state index in [4.69, 9.17) is 9.47 Å². The minimum absolute atomic E-state index is 0.0873. The van der Waals surface area contributed by atoms with E-state index in [0.29, 0.717) is 29.6 Å². The van der Waals surface area contributed by atoms with E-state index in [-0.39, 0.29) is 23.6 Å². The number of hydrogen-bond acceptors (Lipinski definition) is 8. The van der Waals surface area contributed by atoms with Crippen LogP contribution in [-0.4, -0.2) is 61.1 Å². The Labute approximate surface area is 236 Å². The molecule has 3 N–H and O–H groups in total. The van der Waals surface area contributed by atoms with E-state index < -0.39 is 17.6 Å². The summed E-state index contributed by atoms with van der Waals surface area (Å²) in [5, 5.41) is 8.86. The number of halogens is 3. The number of nitrogens with one attached hydrogen (secondary N) is 3. The number of piperidine rings is 1. The van der Waals surface area contributed by atoms with Crippen LogP contribution in [-0.2, 0) is 12.6 Å². The summed E-state index contributed by atoms with van der Waals surface area (Å²) in [5.41, 5.74) is 1.17. The van der Waals surface area contributed by atoms with Gasteiger partial charge in [0.05, 0.1) is 12.8 Å². The highest BCUT2D eigenvalue weighted by molar-refractivity contribution is 5.95. The second-order valence-corrected chi connectivity index (χ2v) is 9.78. The van der Waals surface area contributed by atoms with Gasteiger partial charge >= 0.3 is 6.18 Å². The van der Waals surface area contributed by atoms with Crippen LogP contribution in [0.2, 0.25) is 0 Å². The van der Waals surface area contributed by atoms with Crippen molar-refractivity contribution in [2.45, 2.75) is 31.5 Å². The molecule has 0 unspecified atom stereocenters. The minimum Gasteiger partial charge on any atom is -0.495 e. The molecule has 1 aliphatic rings. The molecule has 1 fully saturated rings. The van der Waals surface area contributed by atoms with Gasteiger partial charge in [-0.1, -0.05) is 18.7 Å². The first-order valence-electron chi connectivity index (χ1n) is 13.1. The lowest BCUT2D eigenvalue weighted by atomic mass is 10.0. The Balaban J connectivity index is 1.54. The number of ether oxygens (including phenoxy) is 2. The summed E-state index contributed by atoms with van der Waals surface area (Å²) in [6, 6.07) is 11.5. The van der Waals surface area contributed by atoms with Gasteiger partial charge in [-0.3, -0.25) is 4.79 Å². The third-order valence-electron chi connectivity index (χ3n) is 6.71. The molecule has 0 bridgehead atoms. The Morgan fingerprint density at radius 1 is 1.17 bits per heavy atom. The Kier molecular flexibility index (Phi) is 9.33. The van der Waals surface area contributed by atoms with Crippen molar-refractivity contribution < 1.29 is 27.4 Å². The smallest absolute Gasteiger partial charge is 0.423 e. The number of benzene rings is 2. The van der Waals surface area contributed by atoms with Gasteiger partial charge in [-0.15, -0.1) is 0 Å². The van der Waals surface area contributed by atoms with Gasteiger partial charge in [0.2, 0.25) is 11.8 Å². The molecule has 41 heavy (non-hydrogen) atoms. The molecular formula is C29H33F3N6O3. The van der Waals surface area contributed by atoms with Gasteiger partial charge < -0.3 is 30.3 Å². The summed E-state index contributed by atoms with van der Waals surface area (Å²) in [6.45, 7) is 5.69. The average Bonchev–Trinajstić information content (AvgIpc) is 2.94. The number of hydrogen-bond donors (Lipinski definition) is 3. The number of carbonyl (C=O) groups is 1. The number of methoxy groups -OCH3 is 1. The molecule has 1 aromatic heterocycles. The van der Waals surface area contributed by atoms with Gasteiger partial charge in [-0.25, -0.2) is 4.98 Å². The zero-order valence-electron chi connectivity index (χ0n) is 23.1. The van der Waals surface area contributed by atoms with Crippen molar-refractivity contribution in [2.75, 3.05) is 39.6 Å². The number of likely N-dealkylation sites (tertiary alicyclic amines) is 1. The topological polar surface area (TPSA) is 101 Å². The van der Waals surface area contributed by atoms with Crippen molar-refractivity contribution in [3.8, 4) is 17.4 Å². The fourth-order valence-electron chi connectivity index (χ4n) is 4.34. The predicted octanol–water partition coefficient (Wildman–Crippen LogP) is 5.14. The first-order chi connectivity index (χ1) is 19.5. The first-order valence-corrected chi connectivity index (χ1v) is 13.1. The third kappa shape index (κ3) is 7.88. The molecule has 218 valence electrons. The number of likely N-dealkylation sites (N-methyl/N-ethyl adjacent to an activating group) is 1. The summed E-state index contributed by atoms with van der Waals surface area (Å²) in [4.78, 5) is 22.9. The molecule has 1 saturated heterocycles. The molecule has 2 aromatic carbocycles. The molecule has 0 aliphatic carbocycles. The maximum Gasteiger partial charge on any atom is 0.423 e. The standard InChI is InChI=1S/C29H33F3N6O3/c1-18(33-2)14-19-6-5-7-22(15-19)41-27-23(29(30,31)32)17-34-28(37-27)36-24-9-8-20(16-25(24)40-4)26(39)35-21-10-12-38(3)13-11-21/h5-9,15-17,21,33H,1,10-14H2,2-4H3,(H,35,39)(H,34,36,37). The summed E-state index contributed by atoms with van der Waals surface area (Å²) < 4.78 is 52.4. The van der Waals surface area contributed by atoms with E-state index in [0.717, 1.165) is 37.2 Å². The van der Waals surface area contributed by atoms with Crippen molar-refractivity contribution in [1.29, 1.82) is 0 Å². The number of anilines is 2.